The van der Waals surface area contributed by atoms with Crippen molar-refractivity contribution in [3.8, 4) is 0 Å². The van der Waals surface area contributed by atoms with Crippen LogP contribution in [0, 0.1) is 0 Å². The molecule has 0 fully saturated rings. The predicted octanol–water partition coefficient (Wildman–Crippen LogP) is 2.13. The van der Waals surface area contributed by atoms with Crippen LogP contribution in [0.15, 0.2) is 38.5 Å². The summed E-state index contributed by atoms with van der Waals surface area (Å²) in [7, 11) is -3.71. The Balaban J connectivity index is 2.23. The van der Waals surface area contributed by atoms with Crippen molar-refractivity contribution in [2.75, 3.05) is 11.9 Å². The zero-order valence-corrected chi connectivity index (χ0v) is 13.7. The first-order valence-electron chi connectivity index (χ1n) is 6.31. The number of hydrogen-bond acceptors (Lipinski definition) is 6. The molecule has 0 aromatic carbocycles. The van der Waals surface area contributed by atoms with Gasteiger partial charge in [-0.3, -0.25) is 0 Å². The number of hydrogen-bond donors (Lipinski definition) is 2. The van der Waals surface area contributed by atoms with E-state index in [0.29, 0.717) is 22.5 Å². The van der Waals surface area contributed by atoms with Gasteiger partial charge in [-0.25, -0.2) is 18.1 Å². The summed E-state index contributed by atoms with van der Waals surface area (Å²) in [5.41, 5.74) is 0.504. The zero-order valence-electron chi connectivity index (χ0n) is 11.3. The van der Waals surface area contributed by atoms with Gasteiger partial charge in [0.2, 0.25) is 10.0 Å². The molecule has 21 heavy (non-hydrogen) atoms. The fourth-order valence-corrected chi connectivity index (χ4v) is 3.21. The van der Waals surface area contributed by atoms with Crippen LogP contribution in [0.2, 0.25) is 0 Å². The van der Waals surface area contributed by atoms with Crippen LogP contribution in [0.5, 0.6) is 0 Å². The van der Waals surface area contributed by atoms with E-state index in [1.54, 1.807) is 12.3 Å². The Kier molecular flexibility index (Phi) is 5.32. The van der Waals surface area contributed by atoms with E-state index in [0.717, 1.165) is 6.42 Å². The van der Waals surface area contributed by atoms with E-state index in [1.807, 2.05) is 6.92 Å². The lowest BCUT2D eigenvalue weighted by atomic mass is 10.4. The molecule has 0 aliphatic carbocycles. The van der Waals surface area contributed by atoms with Gasteiger partial charge < -0.3 is 9.84 Å². The predicted molar refractivity (Wildman–Crippen MR) is 81.2 cm³/mol. The van der Waals surface area contributed by atoms with E-state index in [4.69, 9.17) is 0 Å². The largest absolute Gasteiger partial charge is 0.369 e. The van der Waals surface area contributed by atoms with Crippen molar-refractivity contribution in [2.24, 2.45) is 0 Å². The van der Waals surface area contributed by atoms with E-state index >= 15 is 0 Å². The number of nitrogens with one attached hydrogen (secondary N) is 2. The molecular formula is C12H15BrN4O3S. The van der Waals surface area contributed by atoms with Crippen molar-refractivity contribution in [1.29, 1.82) is 0 Å². The summed E-state index contributed by atoms with van der Waals surface area (Å²) in [6.07, 6.45) is 3.80. The lowest BCUT2D eigenvalue weighted by Crippen LogP contribution is -2.25. The Morgan fingerprint density at radius 1 is 1.43 bits per heavy atom. The maximum absolute atomic E-state index is 12.4. The molecule has 0 amide bonds. The van der Waals surface area contributed by atoms with Crippen LogP contribution >= 0.6 is 15.9 Å². The van der Waals surface area contributed by atoms with Gasteiger partial charge in [-0.05, 0) is 28.4 Å². The molecule has 0 aliphatic rings. The molecule has 2 N–H and O–H groups in total. The number of anilines is 1. The highest BCUT2D eigenvalue weighted by molar-refractivity contribution is 9.10. The van der Waals surface area contributed by atoms with Crippen LogP contribution in [0.1, 0.15) is 19.0 Å². The highest BCUT2D eigenvalue weighted by Crippen LogP contribution is 2.23. The van der Waals surface area contributed by atoms with Crippen LogP contribution in [-0.4, -0.2) is 25.1 Å². The number of pyridine rings is 1. The highest BCUT2D eigenvalue weighted by Gasteiger charge is 2.20. The minimum atomic E-state index is -3.71. The number of aromatic nitrogens is 2. The molecule has 0 saturated heterocycles. The third-order valence-corrected chi connectivity index (χ3v) is 4.43. The molecule has 9 heteroatoms. The monoisotopic (exact) mass is 374 g/mol. The van der Waals surface area contributed by atoms with Gasteiger partial charge in [-0.1, -0.05) is 12.1 Å². The molecule has 2 heterocycles. The van der Waals surface area contributed by atoms with Crippen molar-refractivity contribution in [3.05, 3.63) is 34.8 Å². The fraction of sp³-hybridized carbons (Fsp3) is 0.333. The zero-order chi connectivity index (χ0) is 15.3. The Labute approximate surface area is 131 Å². The van der Waals surface area contributed by atoms with Gasteiger partial charge >= 0.3 is 0 Å². The molecule has 114 valence electrons. The molecule has 0 radical (unpaired) electrons. The van der Waals surface area contributed by atoms with Crippen molar-refractivity contribution in [3.63, 3.8) is 0 Å². The molecule has 0 atom stereocenters. The van der Waals surface area contributed by atoms with Gasteiger partial charge in [-0.15, -0.1) is 0 Å². The molecule has 7 nitrogen and oxygen atoms in total. The SMILES string of the molecule is CCCNc1ncc(Br)cc1S(=O)(=O)NCc1ccon1. The second-order valence-corrected chi connectivity index (χ2v) is 6.89. The molecule has 0 unspecified atom stereocenters. The average molecular weight is 375 g/mol. The lowest BCUT2D eigenvalue weighted by Gasteiger charge is -2.11. The van der Waals surface area contributed by atoms with E-state index < -0.39 is 10.0 Å². The Hall–Kier alpha value is -1.45. The number of halogens is 1. The van der Waals surface area contributed by atoms with Gasteiger partial charge in [0.05, 0.1) is 12.2 Å². The average Bonchev–Trinajstić information content (AvgIpc) is 2.97. The van der Waals surface area contributed by atoms with Gasteiger partial charge in [0.25, 0.3) is 0 Å². The summed E-state index contributed by atoms with van der Waals surface area (Å²) in [6.45, 7) is 2.68. The first-order valence-corrected chi connectivity index (χ1v) is 8.59. The van der Waals surface area contributed by atoms with Crippen molar-refractivity contribution >= 4 is 31.8 Å². The molecular weight excluding hydrogens is 360 g/mol. The van der Waals surface area contributed by atoms with Crippen molar-refractivity contribution < 1.29 is 12.9 Å². The summed E-state index contributed by atoms with van der Waals surface area (Å²) in [4.78, 5) is 4.21. The fourth-order valence-electron chi connectivity index (χ4n) is 1.58. The molecule has 0 aliphatic heterocycles. The van der Waals surface area contributed by atoms with Gasteiger partial charge in [0, 0.05) is 23.3 Å². The second kappa shape index (κ2) is 7.01. The first kappa shape index (κ1) is 15.9. The summed E-state index contributed by atoms with van der Waals surface area (Å²) < 4.78 is 32.5. The normalized spacial score (nSPS) is 11.5. The van der Waals surface area contributed by atoms with Gasteiger partial charge in [0.15, 0.2) is 0 Å². The number of rotatable bonds is 7. The van der Waals surface area contributed by atoms with E-state index in [9.17, 15) is 8.42 Å². The number of sulfonamides is 1. The number of nitrogens with zero attached hydrogens (tertiary/aromatic N) is 2. The lowest BCUT2D eigenvalue weighted by molar-refractivity contribution is 0.411. The summed E-state index contributed by atoms with van der Waals surface area (Å²) >= 11 is 3.24. The first-order chi connectivity index (χ1) is 10.0. The topological polar surface area (TPSA) is 97.1 Å². The third-order valence-electron chi connectivity index (χ3n) is 2.59. The molecule has 2 aromatic rings. The van der Waals surface area contributed by atoms with Gasteiger partial charge in [0.1, 0.15) is 17.0 Å². The molecule has 2 rings (SSSR count). The van der Waals surface area contributed by atoms with Crippen LogP contribution in [0.3, 0.4) is 0 Å². The highest BCUT2D eigenvalue weighted by atomic mass is 79.9. The van der Waals surface area contributed by atoms with Crippen LogP contribution in [0.25, 0.3) is 0 Å². The third kappa shape index (κ3) is 4.26. The maximum atomic E-state index is 12.4. The summed E-state index contributed by atoms with van der Waals surface area (Å²) in [5.74, 6) is 0.327. The quantitative estimate of drug-likeness (QED) is 0.770. The van der Waals surface area contributed by atoms with E-state index in [2.05, 4.69) is 40.6 Å². The van der Waals surface area contributed by atoms with E-state index in [-0.39, 0.29) is 11.4 Å². The molecule has 0 bridgehead atoms. The van der Waals surface area contributed by atoms with Crippen molar-refractivity contribution in [2.45, 2.75) is 24.8 Å². The molecule has 2 aromatic heterocycles. The van der Waals surface area contributed by atoms with Gasteiger partial charge in [-0.2, -0.15) is 0 Å². The minimum Gasteiger partial charge on any atom is -0.369 e. The van der Waals surface area contributed by atoms with Crippen LogP contribution in [-0.2, 0) is 16.6 Å². The standard InChI is InChI=1S/C12H15BrN4O3S/c1-2-4-14-12-11(6-9(13)7-15-12)21(18,19)16-8-10-3-5-20-17-10/h3,5-7,16H,2,4,8H2,1H3,(H,14,15). The van der Waals surface area contributed by atoms with Crippen LogP contribution < -0.4 is 10.0 Å². The Morgan fingerprint density at radius 3 is 2.90 bits per heavy atom. The smallest absolute Gasteiger partial charge is 0.244 e. The van der Waals surface area contributed by atoms with Crippen LogP contribution in [0.4, 0.5) is 5.82 Å². The minimum absolute atomic E-state index is 0.0541. The van der Waals surface area contributed by atoms with Crippen molar-refractivity contribution in [1.82, 2.24) is 14.9 Å². The Bertz CT molecular complexity index is 689. The maximum Gasteiger partial charge on any atom is 0.244 e. The Morgan fingerprint density at radius 2 is 2.24 bits per heavy atom. The molecule has 0 saturated carbocycles. The summed E-state index contributed by atoms with van der Waals surface area (Å²) in [5, 5.41) is 6.66. The second-order valence-electron chi connectivity index (χ2n) is 4.24. The summed E-state index contributed by atoms with van der Waals surface area (Å²) in [6, 6.07) is 3.11. The molecule has 0 spiro atoms. The van der Waals surface area contributed by atoms with E-state index in [1.165, 1.54) is 12.3 Å².